The van der Waals surface area contributed by atoms with Crippen molar-refractivity contribution in [2.24, 2.45) is 0 Å². The first kappa shape index (κ1) is 13.8. The van der Waals surface area contributed by atoms with Crippen LogP contribution < -0.4 is 0 Å². The van der Waals surface area contributed by atoms with Crippen LogP contribution in [0.2, 0.25) is 0 Å². The van der Waals surface area contributed by atoms with E-state index in [2.05, 4.69) is 0 Å². The standard InChI is InChI=1S/C8H8O.C7H5FO/c1-7-3-2-4-8(5-7)6-9;8-7-3-1-2-6(4-7)5-9/h2-6H,1H3;1-5H. The number of benzene rings is 2. The van der Waals surface area contributed by atoms with Crippen LogP contribution in [-0.4, -0.2) is 12.6 Å². The van der Waals surface area contributed by atoms with Gasteiger partial charge in [-0.2, -0.15) is 0 Å². The van der Waals surface area contributed by atoms with E-state index >= 15 is 0 Å². The van der Waals surface area contributed by atoms with Gasteiger partial charge < -0.3 is 0 Å². The first-order valence-electron chi connectivity index (χ1n) is 5.38. The van der Waals surface area contributed by atoms with Crippen molar-refractivity contribution in [2.75, 3.05) is 0 Å². The molecule has 3 heteroatoms. The van der Waals surface area contributed by atoms with Crippen molar-refractivity contribution in [1.82, 2.24) is 0 Å². The average Bonchev–Trinajstić information content (AvgIpc) is 2.39. The molecule has 92 valence electrons. The molecule has 2 aromatic rings. The minimum atomic E-state index is -0.375. The molecule has 0 aliphatic rings. The molecule has 0 amide bonds. The van der Waals surface area contributed by atoms with Crippen molar-refractivity contribution in [3.63, 3.8) is 0 Å². The van der Waals surface area contributed by atoms with Gasteiger partial charge in [0, 0.05) is 11.1 Å². The Kier molecular flexibility index (Phi) is 5.45. The maximum Gasteiger partial charge on any atom is 0.150 e. The highest BCUT2D eigenvalue weighted by Gasteiger charge is 1.89. The molecule has 0 N–H and O–H groups in total. The van der Waals surface area contributed by atoms with E-state index in [1.54, 1.807) is 12.1 Å². The zero-order valence-corrected chi connectivity index (χ0v) is 9.97. The highest BCUT2D eigenvalue weighted by molar-refractivity contribution is 5.75. The Morgan fingerprint density at radius 2 is 1.44 bits per heavy atom. The van der Waals surface area contributed by atoms with Gasteiger partial charge in [0.15, 0.2) is 0 Å². The summed E-state index contributed by atoms with van der Waals surface area (Å²) in [6, 6.07) is 13.0. The first-order chi connectivity index (χ1) is 8.65. The highest BCUT2D eigenvalue weighted by atomic mass is 19.1. The minimum Gasteiger partial charge on any atom is -0.298 e. The van der Waals surface area contributed by atoms with E-state index in [0.29, 0.717) is 11.8 Å². The van der Waals surface area contributed by atoms with Crippen LogP contribution in [0.15, 0.2) is 48.5 Å². The molecule has 0 bridgehead atoms. The Labute approximate surface area is 105 Å². The van der Waals surface area contributed by atoms with Crippen molar-refractivity contribution >= 4 is 12.6 Å². The van der Waals surface area contributed by atoms with Gasteiger partial charge in [0.25, 0.3) is 0 Å². The van der Waals surface area contributed by atoms with Gasteiger partial charge >= 0.3 is 0 Å². The normalized spacial score (nSPS) is 9.00. The smallest absolute Gasteiger partial charge is 0.150 e. The first-order valence-corrected chi connectivity index (χ1v) is 5.38. The number of hydrogen-bond acceptors (Lipinski definition) is 2. The van der Waals surface area contributed by atoms with Crippen LogP contribution in [0.3, 0.4) is 0 Å². The van der Waals surface area contributed by atoms with Gasteiger partial charge in [0.05, 0.1) is 0 Å². The summed E-state index contributed by atoms with van der Waals surface area (Å²) < 4.78 is 12.2. The van der Waals surface area contributed by atoms with Crippen LogP contribution in [0.1, 0.15) is 26.3 Å². The van der Waals surface area contributed by atoms with Crippen molar-refractivity contribution in [2.45, 2.75) is 6.92 Å². The molecule has 0 radical (unpaired) electrons. The number of aldehydes is 2. The van der Waals surface area contributed by atoms with Gasteiger partial charge in [-0.25, -0.2) is 4.39 Å². The van der Waals surface area contributed by atoms with Crippen molar-refractivity contribution in [3.05, 3.63) is 71.0 Å². The van der Waals surface area contributed by atoms with E-state index in [0.717, 1.165) is 17.4 Å². The lowest BCUT2D eigenvalue weighted by Crippen LogP contribution is -1.79. The molecule has 0 saturated carbocycles. The molecule has 2 aromatic carbocycles. The maximum absolute atomic E-state index is 12.2. The van der Waals surface area contributed by atoms with E-state index in [-0.39, 0.29) is 5.82 Å². The van der Waals surface area contributed by atoms with Crippen LogP contribution in [0, 0.1) is 12.7 Å². The third kappa shape index (κ3) is 4.70. The van der Waals surface area contributed by atoms with Crippen molar-refractivity contribution in [3.8, 4) is 0 Å². The second-order valence-corrected chi connectivity index (χ2v) is 3.70. The van der Waals surface area contributed by atoms with E-state index in [9.17, 15) is 14.0 Å². The van der Waals surface area contributed by atoms with Crippen LogP contribution in [0.5, 0.6) is 0 Å². The minimum absolute atomic E-state index is 0.370. The second kappa shape index (κ2) is 7.12. The molecule has 0 saturated heterocycles. The average molecular weight is 244 g/mol. The predicted molar refractivity (Wildman–Crippen MR) is 68.4 cm³/mol. The van der Waals surface area contributed by atoms with Crippen LogP contribution in [0.4, 0.5) is 4.39 Å². The summed E-state index contributed by atoms with van der Waals surface area (Å²) >= 11 is 0. The molecule has 0 spiro atoms. The second-order valence-electron chi connectivity index (χ2n) is 3.70. The third-order valence-electron chi connectivity index (χ3n) is 2.16. The van der Waals surface area contributed by atoms with Gasteiger partial charge in [-0.05, 0) is 25.1 Å². The monoisotopic (exact) mass is 244 g/mol. The van der Waals surface area contributed by atoms with E-state index in [1.807, 2.05) is 25.1 Å². The van der Waals surface area contributed by atoms with Crippen LogP contribution in [0.25, 0.3) is 0 Å². The van der Waals surface area contributed by atoms with Gasteiger partial charge in [-0.1, -0.05) is 35.9 Å². The van der Waals surface area contributed by atoms with Crippen molar-refractivity contribution < 1.29 is 14.0 Å². The Morgan fingerprint density at radius 1 is 0.889 bits per heavy atom. The quantitative estimate of drug-likeness (QED) is 0.758. The number of aryl methyl sites for hydroxylation is 1. The Balaban J connectivity index is 0.000000180. The number of rotatable bonds is 2. The van der Waals surface area contributed by atoms with E-state index in [1.165, 1.54) is 18.2 Å². The SMILES string of the molecule is Cc1cccc(C=O)c1.O=Cc1cccc(F)c1. The number of carbonyl (C=O) groups is 2. The number of carbonyl (C=O) groups excluding carboxylic acids is 2. The zero-order valence-electron chi connectivity index (χ0n) is 9.97. The fourth-order valence-electron chi connectivity index (χ4n) is 1.32. The molecule has 0 unspecified atom stereocenters. The predicted octanol–water partition coefficient (Wildman–Crippen LogP) is 3.45. The van der Waals surface area contributed by atoms with Gasteiger partial charge in [-0.15, -0.1) is 0 Å². The summed E-state index contributed by atoms with van der Waals surface area (Å²) in [7, 11) is 0. The Bertz CT molecular complexity index is 486. The lowest BCUT2D eigenvalue weighted by atomic mass is 10.2. The summed E-state index contributed by atoms with van der Waals surface area (Å²) in [6.07, 6.45) is 1.47. The van der Waals surface area contributed by atoms with Gasteiger partial charge in [-0.3, -0.25) is 9.59 Å². The van der Waals surface area contributed by atoms with Gasteiger partial charge in [0.2, 0.25) is 0 Å². The Morgan fingerprint density at radius 3 is 1.83 bits per heavy atom. The third-order valence-corrected chi connectivity index (χ3v) is 2.16. The molecule has 18 heavy (non-hydrogen) atoms. The maximum atomic E-state index is 12.2. The molecule has 0 atom stereocenters. The van der Waals surface area contributed by atoms with Crippen LogP contribution in [-0.2, 0) is 0 Å². The molecule has 2 rings (SSSR count). The number of halogens is 1. The lowest BCUT2D eigenvalue weighted by Gasteiger charge is -1.89. The topological polar surface area (TPSA) is 34.1 Å². The number of hydrogen-bond donors (Lipinski definition) is 0. The molecule has 0 aliphatic carbocycles. The largest absolute Gasteiger partial charge is 0.298 e. The summed E-state index contributed by atoms with van der Waals surface area (Å²) in [5.74, 6) is -0.375. The van der Waals surface area contributed by atoms with Gasteiger partial charge in [0.1, 0.15) is 18.4 Å². The zero-order chi connectivity index (χ0) is 13.4. The molecule has 0 aromatic heterocycles. The van der Waals surface area contributed by atoms with E-state index in [4.69, 9.17) is 0 Å². The fraction of sp³-hybridized carbons (Fsp3) is 0.0667. The highest BCUT2D eigenvalue weighted by Crippen LogP contribution is 2.00. The fourth-order valence-corrected chi connectivity index (χ4v) is 1.32. The summed E-state index contributed by atoms with van der Waals surface area (Å²) in [5, 5.41) is 0. The van der Waals surface area contributed by atoms with Crippen molar-refractivity contribution in [1.29, 1.82) is 0 Å². The molecular weight excluding hydrogens is 231 g/mol. The molecule has 0 heterocycles. The molecular formula is C15H13FO2. The molecule has 2 nitrogen and oxygen atoms in total. The van der Waals surface area contributed by atoms with Crippen LogP contribution >= 0.6 is 0 Å². The Hall–Kier alpha value is -2.29. The molecule has 0 fully saturated rings. The summed E-state index contributed by atoms with van der Waals surface area (Å²) in [6.45, 7) is 1.97. The summed E-state index contributed by atoms with van der Waals surface area (Å²) in [5.41, 5.74) is 2.24. The summed E-state index contributed by atoms with van der Waals surface area (Å²) in [4.78, 5) is 20.2. The lowest BCUT2D eigenvalue weighted by molar-refractivity contribution is 0.111. The van der Waals surface area contributed by atoms with E-state index < -0.39 is 0 Å². The molecule has 0 aliphatic heterocycles.